The minimum absolute atomic E-state index is 0.00684. The summed E-state index contributed by atoms with van der Waals surface area (Å²) in [4.78, 5) is 24.4. The van der Waals surface area contributed by atoms with Crippen LogP contribution in [0.2, 0.25) is 0 Å². The monoisotopic (exact) mass is 502 g/mol. The maximum Gasteiger partial charge on any atom is 0.243 e. The van der Waals surface area contributed by atoms with Crippen LogP contribution in [-0.4, -0.2) is 54.8 Å². The summed E-state index contributed by atoms with van der Waals surface area (Å²) in [6.07, 6.45) is -0.292. The topological polar surface area (TPSA) is 104 Å². The molecule has 8 heteroatoms. The minimum Gasteiger partial charge on any atom is -0.390 e. The Labute approximate surface area is 209 Å². The Balaban J connectivity index is 2.26. The highest BCUT2D eigenvalue weighted by Crippen LogP contribution is 2.20. The highest BCUT2D eigenvalue weighted by Gasteiger charge is 2.31. The summed E-state index contributed by atoms with van der Waals surface area (Å²) >= 11 is 0. The van der Waals surface area contributed by atoms with Crippen LogP contribution in [-0.2, 0) is 26.0 Å². The third-order valence-electron chi connectivity index (χ3n) is 5.75. The number of aryl methyl sites for hydroxylation is 1. The van der Waals surface area contributed by atoms with Gasteiger partial charge in [0.05, 0.1) is 17.0 Å². The van der Waals surface area contributed by atoms with Gasteiger partial charge < -0.3 is 10.4 Å². The molecule has 1 amide bonds. The van der Waals surface area contributed by atoms with E-state index in [0.717, 1.165) is 11.1 Å². The number of nitrogens with zero attached hydrogens (tertiary/aromatic N) is 1. The van der Waals surface area contributed by atoms with E-state index >= 15 is 0 Å². The number of amides is 1. The second kappa shape index (κ2) is 13.5. The Kier molecular flexibility index (Phi) is 11.1. The zero-order chi connectivity index (χ0) is 26.0. The SMILES string of the molecule is CCC(=O)CCC(=O)N[C@@H](Cc1ccccc1)[C@H](O)CN(CC(C)C)S(=O)(=O)c1ccc(C)cc1. The first kappa shape index (κ1) is 28.7. The average molecular weight is 503 g/mol. The minimum atomic E-state index is -3.85. The van der Waals surface area contributed by atoms with Crippen molar-refractivity contribution in [3.8, 4) is 0 Å². The van der Waals surface area contributed by atoms with Gasteiger partial charge in [0, 0.05) is 32.4 Å². The third-order valence-corrected chi connectivity index (χ3v) is 7.60. The maximum absolute atomic E-state index is 13.4. The van der Waals surface area contributed by atoms with Crippen molar-refractivity contribution in [3.05, 3.63) is 65.7 Å². The van der Waals surface area contributed by atoms with Crippen LogP contribution in [0.25, 0.3) is 0 Å². The van der Waals surface area contributed by atoms with Gasteiger partial charge in [0.1, 0.15) is 5.78 Å². The zero-order valence-electron chi connectivity index (χ0n) is 21.1. The smallest absolute Gasteiger partial charge is 0.243 e. The van der Waals surface area contributed by atoms with Crippen LogP contribution in [0, 0.1) is 12.8 Å². The van der Waals surface area contributed by atoms with Crippen molar-refractivity contribution in [1.82, 2.24) is 9.62 Å². The summed E-state index contributed by atoms with van der Waals surface area (Å²) in [5.74, 6) is -0.319. The molecule has 35 heavy (non-hydrogen) atoms. The quantitative estimate of drug-likeness (QED) is 0.412. The van der Waals surface area contributed by atoms with E-state index in [1.54, 1.807) is 31.2 Å². The number of hydrogen-bond donors (Lipinski definition) is 2. The van der Waals surface area contributed by atoms with E-state index in [9.17, 15) is 23.1 Å². The number of benzene rings is 2. The molecule has 0 heterocycles. The largest absolute Gasteiger partial charge is 0.390 e. The molecule has 2 rings (SSSR count). The lowest BCUT2D eigenvalue weighted by Crippen LogP contribution is -2.51. The Morgan fingerprint density at radius 1 is 0.971 bits per heavy atom. The predicted octanol–water partition coefficient (Wildman–Crippen LogP) is 3.49. The van der Waals surface area contributed by atoms with Crippen molar-refractivity contribution in [1.29, 1.82) is 0 Å². The van der Waals surface area contributed by atoms with Crippen LogP contribution in [0.1, 0.15) is 51.2 Å². The lowest BCUT2D eigenvalue weighted by Gasteiger charge is -2.30. The van der Waals surface area contributed by atoms with Crippen LogP contribution in [0.15, 0.2) is 59.5 Å². The Morgan fingerprint density at radius 3 is 2.17 bits per heavy atom. The lowest BCUT2D eigenvalue weighted by molar-refractivity contribution is -0.126. The summed E-state index contributed by atoms with van der Waals surface area (Å²) in [6.45, 7) is 7.53. The van der Waals surface area contributed by atoms with Crippen molar-refractivity contribution in [3.63, 3.8) is 0 Å². The Morgan fingerprint density at radius 2 is 1.60 bits per heavy atom. The van der Waals surface area contributed by atoms with Crippen molar-refractivity contribution in [2.24, 2.45) is 5.92 Å². The molecule has 0 aliphatic carbocycles. The molecule has 2 N–H and O–H groups in total. The zero-order valence-corrected chi connectivity index (χ0v) is 21.9. The number of sulfonamides is 1. The molecule has 192 valence electrons. The van der Waals surface area contributed by atoms with Gasteiger partial charge in [0.2, 0.25) is 15.9 Å². The van der Waals surface area contributed by atoms with Crippen molar-refractivity contribution in [2.75, 3.05) is 13.1 Å². The summed E-state index contributed by atoms with van der Waals surface area (Å²) in [6, 6.07) is 15.3. The van der Waals surface area contributed by atoms with Crippen LogP contribution in [0.5, 0.6) is 0 Å². The van der Waals surface area contributed by atoms with Crippen LogP contribution < -0.4 is 5.32 Å². The number of aliphatic hydroxyl groups is 1. The first-order valence-electron chi connectivity index (χ1n) is 12.1. The van der Waals surface area contributed by atoms with Gasteiger partial charge in [0.25, 0.3) is 0 Å². The molecular formula is C27H38N2O5S. The summed E-state index contributed by atoms with van der Waals surface area (Å²) in [5.41, 5.74) is 1.85. The first-order chi connectivity index (χ1) is 16.5. The Bertz CT molecular complexity index is 1050. The molecule has 0 fully saturated rings. The fourth-order valence-corrected chi connectivity index (χ4v) is 5.35. The molecule has 0 aromatic heterocycles. The molecule has 0 saturated heterocycles. The van der Waals surface area contributed by atoms with Crippen LogP contribution in [0.4, 0.5) is 0 Å². The van der Waals surface area contributed by atoms with Crippen molar-refractivity contribution >= 4 is 21.7 Å². The van der Waals surface area contributed by atoms with E-state index in [2.05, 4.69) is 5.32 Å². The van der Waals surface area contributed by atoms with Gasteiger partial charge in [-0.3, -0.25) is 9.59 Å². The van der Waals surface area contributed by atoms with Gasteiger partial charge in [-0.25, -0.2) is 8.42 Å². The van der Waals surface area contributed by atoms with E-state index in [-0.39, 0.29) is 48.4 Å². The van der Waals surface area contributed by atoms with E-state index in [1.165, 1.54) is 4.31 Å². The number of carbonyl (C=O) groups is 2. The number of nitrogens with one attached hydrogen (secondary N) is 1. The van der Waals surface area contributed by atoms with Crippen LogP contribution in [0.3, 0.4) is 0 Å². The first-order valence-corrected chi connectivity index (χ1v) is 13.6. The number of rotatable bonds is 14. The highest BCUT2D eigenvalue weighted by atomic mass is 32.2. The molecule has 2 aromatic carbocycles. The van der Waals surface area contributed by atoms with Gasteiger partial charge in [0.15, 0.2) is 0 Å². The van der Waals surface area contributed by atoms with Gasteiger partial charge in [-0.2, -0.15) is 4.31 Å². The molecule has 7 nitrogen and oxygen atoms in total. The summed E-state index contributed by atoms with van der Waals surface area (Å²) < 4.78 is 28.1. The number of ketones is 1. The van der Waals surface area contributed by atoms with E-state index in [4.69, 9.17) is 0 Å². The molecule has 2 aromatic rings. The molecular weight excluding hydrogens is 464 g/mol. The Hall–Kier alpha value is -2.55. The number of Topliss-reactive ketones (excluding diaryl/α,β-unsaturated/α-hetero) is 1. The molecule has 2 atom stereocenters. The summed E-state index contributed by atoms with van der Waals surface area (Å²) in [5, 5.41) is 14.0. The van der Waals surface area contributed by atoms with Crippen molar-refractivity contribution < 1.29 is 23.1 Å². The van der Waals surface area contributed by atoms with E-state index in [1.807, 2.05) is 51.1 Å². The molecule has 0 aliphatic heterocycles. The molecule has 0 aliphatic rings. The standard InChI is InChI=1S/C27H38N2O5S/c1-5-23(30)13-16-27(32)28-25(17-22-9-7-6-8-10-22)26(31)19-29(18-20(2)3)35(33,34)24-14-11-21(4)12-15-24/h6-12,14-15,20,25-26,31H,5,13,16-19H2,1-4H3,(H,28,32)/t25-,26+/m0/s1. The number of hydrogen-bond acceptors (Lipinski definition) is 5. The van der Waals surface area contributed by atoms with E-state index in [0.29, 0.717) is 12.8 Å². The van der Waals surface area contributed by atoms with Gasteiger partial charge in [-0.05, 0) is 37.0 Å². The molecule has 0 spiro atoms. The normalized spacial score (nSPS) is 13.6. The number of aliphatic hydroxyl groups excluding tert-OH is 1. The van der Waals surface area contributed by atoms with Crippen molar-refractivity contribution in [2.45, 2.75) is 70.4 Å². The molecule has 0 saturated carbocycles. The number of carbonyl (C=O) groups excluding carboxylic acids is 2. The summed E-state index contributed by atoms with van der Waals surface area (Å²) in [7, 11) is -3.85. The van der Waals surface area contributed by atoms with E-state index < -0.39 is 22.2 Å². The fourth-order valence-electron chi connectivity index (χ4n) is 3.73. The second-order valence-corrected chi connectivity index (χ2v) is 11.3. The van der Waals surface area contributed by atoms with Gasteiger partial charge in [-0.1, -0.05) is 68.8 Å². The molecule has 0 unspecified atom stereocenters. The third kappa shape index (κ3) is 9.20. The van der Waals surface area contributed by atoms with Gasteiger partial charge >= 0.3 is 0 Å². The molecule has 0 radical (unpaired) electrons. The average Bonchev–Trinajstić information content (AvgIpc) is 2.82. The fraction of sp³-hybridized carbons (Fsp3) is 0.481. The van der Waals surface area contributed by atoms with Gasteiger partial charge in [-0.15, -0.1) is 0 Å². The predicted molar refractivity (Wildman–Crippen MR) is 137 cm³/mol. The highest BCUT2D eigenvalue weighted by molar-refractivity contribution is 7.89. The van der Waals surface area contributed by atoms with Crippen LogP contribution >= 0.6 is 0 Å². The second-order valence-electron chi connectivity index (χ2n) is 9.35. The lowest BCUT2D eigenvalue weighted by atomic mass is 10.0. The maximum atomic E-state index is 13.4. The molecule has 0 bridgehead atoms.